The predicted octanol–water partition coefficient (Wildman–Crippen LogP) is 2.28. The summed E-state index contributed by atoms with van der Waals surface area (Å²) in [6, 6.07) is 0. The van der Waals surface area contributed by atoms with E-state index in [0.717, 1.165) is 19.3 Å². The lowest BCUT2D eigenvalue weighted by atomic mass is 10.00. The van der Waals surface area contributed by atoms with E-state index >= 15 is 0 Å². The molecule has 4 heteroatoms. The Morgan fingerprint density at radius 2 is 1.93 bits per heavy atom. The monoisotopic (exact) mass is 218 g/mol. The molecule has 0 saturated heterocycles. The average Bonchev–Trinajstić information content (AvgIpc) is 2.24. The lowest BCUT2D eigenvalue weighted by Crippen LogP contribution is -2.33. The molecule has 15 heavy (non-hydrogen) atoms. The summed E-state index contributed by atoms with van der Waals surface area (Å²) in [4.78, 5) is 10.6. The summed E-state index contributed by atoms with van der Waals surface area (Å²) >= 11 is 0. The van der Waals surface area contributed by atoms with Crippen molar-refractivity contribution < 1.29 is 19.4 Å². The van der Waals surface area contributed by atoms with Gasteiger partial charge in [0.25, 0.3) is 0 Å². The number of rotatable bonds is 8. The lowest BCUT2D eigenvalue weighted by molar-refractivity contribution is -0.213. The third-order valence-electron chi connectivity index (χ3n) is 2.90. The van der Waals surface area contributed by atoms with Crippen LogP contribution in [0, 0.1) is 5.92 Å². The van der Waals surface area contributed by atoms with Gasteiger partial charge >= 0.3 is 5.97 Å². The highest BCUT2D eigenvalue weighted by Crippen LogP contribution is 2.24. The first-order chi connectivity index (χ1) is 7.01. The Bertz CT molecular complexity index is 179. The fourth-order valence-electron chi connectivity index (χ4n) is 1.55. The van der Waals surface area contributed by atoms with E-state index in [4.69, 9.17) is 14.6 Å². The van der Waals surface area contributed by atoms with Gasteiger partial charge < -0.3 is 14.6 Å². The van der Waals surface area contributed by atoms with E-state index in [1.54, 1.807) is 21.1 Å². The van der Waals surface area contributed by atoms with Crippen LogP contribution < -0.4 is 0 Å². The molecule has 0 amide bonds. The van der Waals surface area contributed by atoms with Crippen LogP contribution in [-0.4, -0.2) is 31.1 Å². The van der Waals surface area contributed by atoms with E-state index in [-0.39, 0.29) is 5.92 Å². The van der Waals surface area contributed by atoms with E-state index in [1.165, 1.54) is 0 Å². The van der Waals surface area contributed by atoms with Gasteiger partial charge in [-0.05, 0) is 19.3 Å². The van der Waals surface area contributed by atoms with Crippen LogP contribution >= 0.6 is 0 Å². The molecule has 1 N–H and O–H groups in total. The Labute approximate surface area is 91.6 Å². The Morgan fingerprint density at radius 1 is 1.40 bits per heavy atom. The van der Waals surface area contributed by atoms with Gasteiger partial charge in [-0.2, -0.15) is 0 Å². The maximum absolute atomic E-state index is 10.6. The van der Waals surface area contributed by atoms with E-state index in [1.807, 2.05) is 6.92 Å². The quantitative estimate of drug-likeness (QED) is 0.635. The summed E-state index contributed by atoms with van der Waals surface area (Å²) in [6.45, 7) is 3.71. The summed E-state index contributed by atoms with van der Waals surface area (Å²) in [5, 5.41) is 8.72. The fraction of sp³-hybridized carbons (Fsp3) is 0.909. The van der Waals surface area contributed by atoms with Crippen LogP contribution in [0.4, 0.5) is 0 Å². The number of ether oxygens (including phenoxy) is 2. The number of aliphatic carboxylic acids is 1. The zero-order chi connectivity index (χ0) is 11.9. The molecule has 0 saturated carbocycles. The van der Waals surface area contributed by atoms with Crippen LogP contribution in [0.5, 0.6) is 0 Å². The minimum absolute atomic E-state index is 0.298. The molecule has 0 aromatic rings. The zero-order valence-electron chi connectivity index (χ0n) is 10.1. The Morgan fingerprint density at radius 3 is 2.27 bits per heavy atom. The van der Waals surface area contributed by atoms with Crippen LogP contribution in [0.15, 0.2) is 0 Å². The van der Waals surface area contributed by atoms with Crippen molar-refractivity contribution in [2.45, 2.75) is 45.3 Å². The molecular formula is C11H22O4. The Hall–Kier alpha value is -0.610. The van der Waals surface area contributed by atoms with Gasteiger partial charge in [-0.25, -0.2) is 0 Å². The van der Waals surface area contributed by atoms with Gasteiger partial charge in [0.05, 0.1) is 5.92 Å². The number of methoxy groups -OCH3 is 2. The highest BCUT2D eigenvalue weighted by atomic mass is 16.7. The molecule has 1 atom stereocenters. The molecule has 0 bridgehead atoms. The van der Waals surface area contributed by atoms with Gasteiger partial charge in [0.1, 0.15) is 0 Å². The van der Waals surface area contributed by atoms with Crippen molar-refractivity contribution in [2.75, 3.05) is 14.2 Å². The minimum Gasteiger partial charge on any atom is -0.481 e. The van der Waals surface area contributed by atoms with Gasteiger partial charge in [-0.3, -0.25) is 4.79 Å². The molecule has 0 aromatic carbocycles. The molecule has 0 aliphatic carbocycles. The largest absolute Gasteiger partial charge is 0.481 e. The molecule has 0 radical (unpaired) electrons. The minimum atomic E-state index is -0.744. The van der Waals surface area contributed by atoms with Gasteiger partial charge in [0.2, 0.25) is 0 Å². The molecule has 0 aliphatic heterocycles. The molecule has 1 unspecified atom stereocenters. The number of carboxylic acid groups (broad SMARTS) is 1. The number of hydrogen-bond acceptors (Lipinski definition) is 3. The van der Waals surface area contributed by atoms with Gasteiger partial charge in [0.15, 0.2) is 5.79 Å². The van der Waals surface area contributed by atoms with Gasteiger partial charge in [0, 0.05) is 20.6 Å². The first kappa shape index (κ1) is 14.4. The topological polar surface area (TPSA) is 55.8 Å². The van der Waals surface area contributed by atoms with Crippen LogP contribution in [-0.2, 0) is 14.3 Å². The maximum Gasteiger partial charge on any atom is 0.306 e. The smallest absolute Gasteiger partial charge is 0.306 e. The Kier molecular flexibility index (Phi) is 6.52. The van der Waals surface area contributed by atoms with Crippen LogP contribution in [0.3, 0.4) is 0 Å². The number of carbonyl (C=O) groups is 1. The van der Waals surface area contributed by atoms with Gasteiger partial charge in [-0.1, -0.05) is 13.8 Å². The second kappa shape index (κ2) is 6.80. The molecule has 0 rings (SSSR count). The molecule has 0 heterocycles. The summed E-state index contributed by atoms with van der Waals surface area (Å²) in [5.74, 6) is -1.58. The number of carboxylic acids is 1. The van der Waals surface area contributed by atoms with E-state index in [0.29, 0.717) is 6.42 Å². The average molecular weight is 218 g/mol. The first-order valence-corrected chi connectivity index (χ1v) is 5.34. The zero-order valence-corrected chi connectivity index (χ0v) is 10.1. The first-order valence-electron chi connectivity index (χ1n) is 5.34. The second-order valence-electron chi connectivity index (χ2n) is 3.80. The second-order valence-corrected chi connectivity index (χ2v) is 3.80. The lowest BCUT2D eigenvalue weighted by Gasteiger charge is -2.29. The molecule has 0 aromatic heterocycles. The van der Waals surface area contributed by atoms with Crippen molar-refractivity contribution in [2.24, 2.45) is 5.92 Å². The predicted molar refractivity (Wildman–Crippen MR) is 57.7 cm³/mol. The third kappa shape index (κ3) is 4.62. The third-order valence-corrected chi connectivity index (χ3v) is 2.90. The van der Waals surface area contributed by atoms with Gasteiger partial charge in [-0.15, -0.1) is 0 Å². The van der Waals surface area contributed by atoms with Crippen molar-refractivity contribution in [3.63, 3.8) is 0 Å². The standard InChI is InChI=1S/C11H22O4/c1-5-11(14-3,15-4)8-6-7-9(2)10(12)13/h9H,5-8H2,1-4H3,(H,12,13). The molecule has 4 nitrogen and oxygen atoms in total. The molecule has 90 valence electrons. The van der Waals surface area contributed by atoms with Crippen molar-refractivity contribution >= 4 is 5.97 Å². The summed E-state index contributed by atoms with van der Waals surface area (Å²) in [5.41, 5.74) is 0. The molecule has 0 fully saturated rings. The summed E-state index contributed by atoms with van der Waals surface area (Å²) < 4.78 is 10.6. The van der Waals surface area contributed by atoms with Crippen LogP contribution in [0.1, 0.15) is 39.5 Å². The number of hydrogen-bond donors (Lipinski definition) is 1. The van der Waals surface area contributed by atoms with E-state index < -0.39 is 11.8 Å². The molecule has 0 spiro atoms. The fourth-order valence-corrected chi connectivity index (χ4v) is 1.55. The Balaban J connectivity index is 3.96. The van der Waals surface area contributed by atoms with Crippen molar-refractivity contribution in [3.8, 4) is 0 Å². The maximum atomic E-state index is 10.6. The highest BCUT2D eigenvalue weighted by Gasteiger charge is 2.26. The highest BCUT2D eigenvalue weighted by molar-refractivity contribution is 5.69. The van der Waals surface area contributed by atoms with Crippen molar-refractivity contribution in [3.05, 3.63) is 0 Å². The summed E-state index contributed by atoms with van der Waals surface area (Å²) in [6.07, 6.45) is 2.95. The normalized spacial score (nSPS) is 13.9. The molecule has 0 aliphatic rings. The van der Waals surface area contributed by atoms with Crippen molar-refractivity contribution in [1.29, 1.82) is 0 Å². The van der Waals surface area contributed by atoms with E-state index in [9.17, 15) is 4.79 Å². The van der Waals surface area contributed by atoms with Crippen LogP contribution in [0.25, 0.3) is 0 Å². The van der Waals surface area contributed by atoms with Crippen LogP contribution in [0.2, 0.25) is 0 Å². The van der Waals surface area contributed by atoms with Crippen molar-refractivity contribution in [1.82, 2.24) is 0 Å². The summed E-state index contributed by atoms with van der Waals surface area (Å²) in [7, 11) is 3.24. The van der Waals surface area contributed by atoms with E-state index in [2.05, 4.69) is 0 Å². The SMILES string of the molecule is CCC(CCCC(C)C(=O)O)(OC)OC. The molecular weight excluding hydrogens is 196 g/mol.